The van der Waals surface area contributed by atoms with E-state index in [1.165, 1.54) is 0 Å². The Morgan fingerprint density at radius 2 is 1.56 bits per heavy atom. The van der Waals surface area contributed by atoms with Crippen molar-refractivity contribution in [2.24, 2.45) is 0 Å². The molecule has 0 aliphatic rings. The summed E-state index contributed by atoms with van der Waals surface area (Å²) in [6.07, 6.45) is 0. The van der Waals surface area contributed by atoms with Crippen molar-refractivity contribution in [3.63, 3.8) is 0 Å². The van der Waals surface area contributed by atoms with Gasteiger partial charge in [0.15, 0.2) is 0 Å². The molecule has 0 atom stereocenters. The Labute approximate surface area is 116 Å². The number of aromatic nitrogens is 2. The van der Waals surface area contributed by atoms with Crippen molar-refractivity contribution in [3.05, 3.63) is 45.3 Å². The fourth-order valence-corrected chi connectivity index (χ4v) is 2.26. The predicted octanol–water partition coefficient (Wildman–Crippen LogP) is 4.50. The largest absolute Gasteiger partial charge is 0.438 e. The van der Waals surface area contributed by atoms with E-state index in [1.807, 2.05) is 32.9 Å². The van der Waals surface area contributed by atoms with Gasteiger partial charge in [0.25, 0.3) is 0 Å². The van der Waals surface area contributed by atoms with E-state index in [4.69, 9.17) is 27.9 Å². The highest BCUT2D eigenvalue weighted by Gasteiger charge is 2.09. The minimum absolute atomic E-state index is 0.175. The van der Waals surface area contributed by atoms with Crippen molar-refractivity contribution < 1.29 is 4.74 Å². The van der Waals surface area contributed by atoms with Crippen LogP contribution < -0.4 is 4.74 Å². The van der Waals surface area contributed by atoms with Crippen LogP contribution in [0.4, 0.5) is 0 Å². The maximum Gasteiger partial charge on any atom is 0.225 e. The molecule has 0 bridgehead atoms. The van der Waals surface area contributed by atoms with Crippen molar-refractivity contribution in [2.75, 3.05) is 0 Å². The van der Waals surface area contributed by atoms with E-state index in [-0.39, 0.29) is 5.28 Å². The van der Waals surface area contributed by atoms with Crippen molar-refractivity contribution >= 4 is 23.2 Å². The van der Waals surface area contributed by atoms with E-state index >= 15 is 0 Å². The lowest BCUT2D eigenvalue weighted by atomic mass is 10.1. The second kappa shape index (κ2) is 5.12. The average molecular weight is 283 g/mol. The van der Waals surface area contributed by atoms with E-state index in [1.54, 1.807) is 6.07 Å². The van der Waals surface area contributed by atoms with E-state index in [0.717, 1.165) is 22.6 Å². The number of aryl methyl sites for hydroxylation is 3. The Balaban J connectivity index is 2.40. The molecular formula is C13H12Cl2N2O. The highest BCUT2D eigenvalue weighted by molar-refractivity contribution is 6.30. The summed E-state index contributed by atoms with van der Waals surface area (Å²) >= 11 is 11.8. The maximum atomic E-state index is 5.97. The molecular weight excluding hydrogens is 271 g/mol. The molecule has 0 unspecified atom stereocenters. The molecule has 0 saturated carbocycles. The van der Waals surface area contributed by atoms with Gasteiger partial charge in [0.1, 0.15) is 5.75 Å². The zero-order chi connectivity index (χ0) is 13.3. The molecule has 0 amide bonds. The van der Waals surface area contributed by atoms with Crippen LogP contribution in [-0.4, -0.2) is 9.97 Å². The molecule has 0 aliphatic carbocycles. The second-order valence-electron chi connectivity index (χ2n) is 4.09. The molecule has 5 heteroatoms. The van der Waals surface area contributed by atoms with Crippen LogP contribution in [0.3, 0.4) is 0 Å². The van der Waals surface area contributed by atoms with E-state index in [2.05, 4.69) is 9.97 Å². The quantitative estimate of drug-likeness (QED) is 0.761. The van der Waals surface area contributed by atoms with Crippen LogP contribution in [-0.2, 0) is 0 Å². The zero-order valence-corrected chi connectivity index (χ0v) is 11.8. The van der Waals surface area contributed by atoms with Crippen molar-refractivity contribution in [2.45, 2.75) is 20.8 Å². The summed E-state index contributed by atoms with van der Waals surface area (Å²) in [5, 5.41) is 0.864. The first-order chi connectivity index (χ1) is 8.45. The van der Waals surface area contributed by atoms with Gasteiger partial charge < -0.3 is 4.74 Å². The Morgan fingerprint density at radius 3 is 2.11 bits per heavy atom. The Morgan fingerprint density at radius 1 is 0.944 bits per heavy atom. The lowest BCUT2D eigenvalue weighted by Crippen LogP contribution is -1.96. The van der Waals surface area contributed by atoms with Gasteiger partial charge >= 0.3 is 0 Å². The van der Waals surface area contributed by atoms with Crippen molar-refractivity contribution in [1.29, 1.82) is 0 Å². The number of halogens is 2. The van der Waals surface area contributed by atoms with Crippen LogP contribution in [0.25, 0.3) is 0 Å². The minimum Gasteiger partial charge on any atom is -0.438 e. The fourth-order valence-electron chi connectivity index (χ4n) is 1.72. The zero-order valence-electron chi connectivity index (χ0n) is 10.3. The van der Waals surface area contributed by atoms with Gasteiger partial charge in [-0.2, -0.15) is 4.98 Å². The first-order valence-corrected chi connectivity index (χ1v) is 6.17. The monoisotopic (exact) mass is 282 g/mol. The molecule has 1 aromatic carbocycles. The van der Waals surface area contributed by atoms with Gasteiger partial charge in [0.2, 0.25) is 11.2 Å². The van der Waals surface area contributed by atoms with Crippen molar-refractivity contribution in [1.82, 2.24) is 9.97 Å². The number of rotatable bonds is 2. The van der Waals surface area contributed by atoms with Gasteiger partial charge in [0, 0.05) is 16.8 Å². The van der Waals surface area contributed by atoms with Gasteiger partial charge in [-0.05, 0) is 55.6 Å². The van der Waals surface area contributed by atoms with Crippen LogP contribution in [0.15, 0.2) is 18.2 Å². The molecule has 3 nitrogen and oxygen atoms in total. The Kier molecular flexibility index (Phi) is 3.73. The maximum absolute atomic E-state index is 5.97. The molecule has 1 heterocycles. The smallest absolute Gasteiger partial charge is 0.225 e. The molecule has 0 saturated heterocycles. The van der Waals surface area contributed by atoms with Crippen LogP contribution >= 0.6 is 23.2 Å². The van der Waals surface area contributed by atoms with Gasteiger partial charge in [-0.1, -0.05) is 11.6 Å². The number of hydrogen-bond donors (Lipinski definition) is 0. The molecule has 2 rings (SSSR count). The standard InChI is InChI=1S/C13H12Cl2N2O/c1-7-4-10(14)5-8(2)12(7)18-11-6-9(3)16-13(15)17-11/h4-6H,1-3H3. The summed E-state index contributed by atoms with van der Waals surface area (Å²) < 4.78 is 5.76. The third-order valence-corrected chi connectivity index (χ3v) is 2.82. The summed E-state index contributed by atoms with van der Waals surface area (Å²) in [7, 11) is 0. The SMILES string of the molecule is Cc1cc(Oc2c(C)cc(Cl)cc2C)nc(Cl)n1. The molecule has 94 valence electrons. The summed E-state index contributed by atoms with van der Waals surface area (Å²) in [6.45, 7) is 5.70. The summed E-state index contributed by atoms with van der Waals surface area (Å²) in [5.74, 6) is 1.18. The van der Waals surface area contributed by atoms with Gasteiger partial charge in [-0.25, -0.2) is 4.98 Å². The average Bonchev–Trinajstić information content (AvgIpc) is 2.22. The molecule has 18 heavy (non-hydrogen) atoms. The molecule has 2 aromatic rings. The number of benzene rings is 1. The lowest BCUT2D eigenvalue weighted by molar-refractivity contribution is 0.454. The summed E-state index contributed by atoms with van der Waals surface area (Å²) in [4.78, 5) is 8.02. The molecule has 0 N–H and O–H groups in total. The Hall–Kier alpha value is -1.32. The highest BCUT2D eigenvalue weighted by Crippen LogP contribution is 2.30. The topological polar surface area (TPSA) is 35.0 Å². The van der Waals surface area contributed by atoms with Gasteiger partial charge in [-0.3, -0.25) is 0 Å². The van der Waals surface area contributed by atoms with E-state index in [9.17, 15) is 0 Å². The Bertz CT molecular complexity index is 556. The summed E-state index contributed by atoms with van der Waals surface area (Å²) in [6, 6.07) is 5.43. The van der Waals surface area contributed by atoms with Crippen molar-refractivity contribution in [3.8, 4) is 11.6 Å². The molecule has 0 radical (unpaired) electrons. The lowest BCUT2D eigenvalue weighted by Gasteiger charge is -2.11. The first-order valence-electron chi connectivity index (χ1n) is 5.41. The number of ether oxygens (including phenoxy) is 1. The summed E-state index contributed by atoms with van der Waals surface area (Å²) in [5.41, 5.74) is 2.66. The number of hydrogen-bond acceptors (Lipinski definition) is 3. The van der Waals surface area contributed by atoms with Crippen LogP contribution in [0.5, 0.6) is 11.6 Å². The van der Waals surface area contributed by atoms with E-state index < -0.39 is 0 Å². The minimum atomic E-state index is 0.175. The third-order valence-electron chi connectivity index (χ3n) is 2.44. The first kappa shape index (κ1) is 13.1. The van der Waals surface area contributed by atoms with E-state index in [0.29, 0.717) is 10.9 Å². The molecule has 1 aromatic heterocycles. The molecule has 0 aliphatic heterocycles. The van der Waals surface area contributed by atoms with Gasteiger partial charge in [0.05, 0.1) is 0 Å². The van der Waals surface area contributed by atoms with Crippen LogP contribution in [0, 0.1) is 20.8 Å². The molecule has 0 fully saturated rings. The highest BCUT2D eigenvalue weighted by atomic mass is 35.5. The third kappa shape index (κ3) is 2.92. The normalized spacial score (nSPS) is 10.5. The van der Waals surface area contributed by atoms with Crippen LogP contribution in [0.1, 0.15) is 16.8 Å². The fraction of sp³-hybridized carbons (Fsp3) is 0.231. The van der Waals surface area contributed by atoms with Gasteiger partial charge in [-0.15, -0.1) is 0 Å². The predicted molar refractivity (Wildman–Crippen MR) is 72.8 cm³/mol. The number of nitrogens with zero attached hydrogens (tertiary/aromatic N) is 2. The second-order valence-corrected chi connectivity index (χ2v) is 4.86. The molecule has 0 spiro atoms. The van der Waals surface area contributed by atoms with Crippen LogP contribution in [0.2, 0.25) is 10.3 Å².